The van der Waals surface area contributed by atoms with E-state index in [2.05, 4.69) is 23.8 Å². The van der Waals surface area contributed by atoms with Crippen LogP contribution in [0, 0.1) is 0 Å². The van der Waals surface area contributed by atoms with Crippen molar-refractivity contribution in [2.24, 2.45) is 21.5 Å². The molecule has 0 spiro atoms. The van der Waals surface area contributed by atoms with Crippen LogP contribution in [0.15, 0.2) is 34.3 Å². The molecule has 0 saturated carbocycles. The number of benzene rings is 1. The van der Waals surface area contributed by atoms with Crippen LogP contribution >= 0.6 is 0 Å². The zero-order chi connectivity index (χ0) is 17.9. The summed E-state index contributed by atoms with van der Waals surface area (Å²) in [7, 11) is 0. The van der Waals surface area contributed by atoms with Crippen molar-refractivity contribution < 1.29 is 13.2 Å². The van der Waals surface area contributed by atoms with E-state index in [0.29, 0.717) is 0 Å². The minimum atomic E-state index is -4.38. The highest BCUT2D eigenvalue weighted by Crippen LogP contribution is 2.30. The first-order valence-electron chi connectivity index (χ1n) is 7.82. The molecule has 0 radical (unpaired) electrons. The van der Waals surface area contributed by atoms with E-state index < -0.39 is 11.7 Å². The van der Waals surface area contributed by atoms with Gasteiger partial charge in [0.15, 0.2) is 5.96 Å². The topological polar surface area (TPSA) is 80.0 Å². The summed E-state index contributed by atoms with van der Waals surface area (Å²) < 4.78 is 37.6. The Bertz CT molecular complexity index is 612. The second-order valence-electron chi connectivity index (χ2n) is 6.02. The predicted octanol–water partition coefficient (Wildman–Crippen LogP) is 3.23. The normalized spacial score (nSPS) is 23.5. The molecule has 1 aromatic rings. The largest absolute Gasteiger partial charge is 0.416 e. The molecule has 1 fully saturated rings. The van der Waals surface area contributed by atoms with Crippen LogP contribution in [0.2, 0.25) is 0 Å². The van der Waals surface area contributed by atoms with Gasteiger partial charge in [-0.2, -0.15) is 18.2 Å². The second kappa shape index (κ2) is 7.11. The van der Waals surface area contributed by atoms with E-state index >= 15 is 0 Å². The third kappa shape index (κ3) is 4.39. The number of nitrogens with two attached hydrogens (primary N) is 2. The Morgan fingerprint density at radius 3 is 2.12 bits per heavy atom. The van der Waals surface area contributed by atoms with Crippen LogP contribution in [-0.2, 0) is 6.18 Å². The molecule has 2 unspecified atom stereocenters. The average molecular weight is 341 g/mol. The van der Waals surface area contributed by atoms with Crippen LogP contribution in [0.5, 0.6) is 0 Å². The Kier molecular flexibility index (Phi) is 5.36. The molecule has 2 atom stereocenters. The number of hydrogen-bond donors (Lipinski definition) is 2. The fraction of sp³-hybridized carbons (Fsp3) is 0.500. The van der Waals surface area contributed by atoms with Crippen LogP contribution in [0.4, 0.5) is 18.9 Å². The smallest absolute Gasteiger partial charge is 0.369 e. The van der Waals surface area contributed by atoms with Gasteiger partial charge >= 0.3 is 6.18 Å². The van der Waals surface area contributed by atoms with Crippen LogP contribution in [0.25, 0.3) is 0 Å². The first-order chi connectivity index (χ1) is 11.2. The molecule has 24 heavy (non-hydrogen) atoms. The van der Waals surface area contributed by atoms with Crippen molar-refractivity contribution >= 4 is 17.6 Å². The zero-order valence-electron chi connectivity index (χ0n) is 13.7. The van der Waals surface area contributed by atoms with E-state index in [1.807, 2.05) is 4.90 Å². The number of hydrogen-bond acceptors (Lipinski definition) is 1. The molecule has 0 aromatic heterocycles. The van der Waals surface area contributed by atoms with Crippen LogP contribution in [-0.4, -0.2) is 28.9 Å². The third-order valence-electron chi connectivity index (χ3n) is 4.13. The van der Waals surface area contributed by atoms with Gasteiger partial charge in [0.1, 0.15) is 0 Å². The molecule has 1 aromatic carbocycles. The summed E-state index contributed by atoms with van der Waals surface area (Å²) in [5, 5.41) is 0. The summed E-state index contributed by atoms with van der Waals surface area (Å²) in [6.07, 6.45) is -1.19. The molecule has 4 N–H and O–H groups in total. The standard InChI is InChI=1S/C16H22F3N5/c1-10-4-3-5-11(2)24(10)15(21)23-14(20)22-13-8-6-12(7-9-13)16(17,18)19/h6-11H,3-5H2,1-2H3,(H4,20,21,22,23). The lowest BCUT2D eigenvalue weighted by atomic mass is 9.98. The van der Waals surface area contributed by atoms with Crippen molar-refractivity contribution in [2.75, 3.05) is 0 Å². The highest BCUT2D eigenvalue weighted by molar-refractivity contribution is 5.94. The van der Waals surface area contributed by atoms with Gasteiger partial charge in [0.25, 0.3) is 0 Å². The van der Waals surface area contributed by atoms with Crippen molar-refractivity contribution in [1.82, 2.24) is 4.90 Å². The average Bonchev–Trinajstić information content (AvgIpc) is 2.46. The fourth-order valence-corrected chi connectivity index (χ4v) is 2.93. The van der Waals surface area contributed by atoms with E-state index in [0.717, 1.165) is 31.4 Å². The van der Waals surface area contributed by atoms with Gasteiger partial charge in [-0.15, -0.1) is 0 Å². The van der Waals surface area contributed by atoms with Crippen LogP contribution in [0.1, 0.15) is 38.7 Å². The fourth-order valence-electron chi connectivity index (χ4n) is 2.93. The SMILES string of the molecule is CC1CCCC(C)N1/C(N)=N/C(N)=Nc1ccc(C(F)(F)F)cc1. The lowest BCUT2D eigenvalue weighted by Crippen LogP contribution is -2.51. The minimum Gasteiger partial charge on any atom is -0.369 e. The Morgan fingerprint density at radius 1 is 1.08 bits per heavy atom. The molecular formula is C16H22F3N5. The summed E-state index contributed by atoms with van der Waals surface area (Å²) in [5.41, 5.74) is 11.3. The van der Waals surface area contributed by atoms with Gasteiger partial charge in [-0.3, -0.25) is 0 Å². The number of alkyl halides is 3. The molecule has 0 amide bonds. The molecule has 0 bridgehead atoms. The van der Waals surface area contributed by atoms with Gasteiger partial charge in [0, 0.05) is 12.1 Å². The lowest BCUT2D eigenvalue weighted by molar-refractivity contribution is -0.137. The highest BCUT2D eigenvalue weighted by Gasteiger charge is 2.30. The molecule has 1 saturated heterocycles. The molecule has 1 aliphatic heterocycles. The first kappa shape index (κ1) is 18.1. The van der Waals surface area contributed by atoms with E-state index in [1.165, 1.54) is 12.1 Å². The van der Waals surface area contributed by atoms with Crippen molar-refractivity contribution in [3.05, 3.63) is 29.8 Å². The number of likely N-dealkylation sites (tertiary alicyclic amines) is 1. The van der Waals surface area contributed by atoms with Crippen LogP contribution < -0.4 is 11.5 Å². The predicted molar refractivity (Wildman–Crippen MR) is 89.0 cm³/mol. The van der Waals surface area contributed by atoms with E-state index in [9.17, 15) is 13.2 Å². The van der Waals surface area contributed by atoms with Gasteiger partial charge in [0.2, 0.25) is 5.96 Å². The van der Waals surface area contributed by atoms with Gasteiger partial charge < -0.3 is 16.4 Å². The molecule has 5 nitrogen and oxygen atoms in total. The number of aliphatic imine (C=N–C) groups is 2. The Balaban J connectivity index is 2.15. The summed E-state index contributed by atoms with van der Waals surface area (Å²) in [6.45, 7) is 4.14. The summed E-state index contributed by atoms with van der Waals surface area (Å²) >= 11 is 0. The van der Waals surface area contributed by atoms with Crippen molar-refractivity contribution in [2.45, 2.75) is 51.4 Å². The van der Waals surface area contributed by atoms with Gasteiger partial charge in [-0.05, 0) is 57.4 Å². The van der Waals surface area contributed by atoms with Crippen molar-refractivity contribution in [1.29, 1.82) is 0 Å². The van der Waals surface area contributed by atoms with Crippen molar-refractivity contribution in [3.63, 3.8) is 0 Å². The van der Waals surface area contributed by atoms with E-state index in [4.69, 9.17) is 11.5 Å². The van der Waals surface area contributed by atoms with Gasteiger partial charge in [-0.25, -0.2) is 4.99 Å². The van der Waals surface area contributed by atoms with E-state index in [-0.39, 0.29) is 29.7 Å². The Morgan fingerprint density at radius 2 is 1.62 bits per heavy atom. The Labute approximate surface area is 139 Å². The Hall–Kier alpha value is -2.25. The summed E-state index contributed by atoms with van der Waals surface area (Å²) in [6, 6.07) is 4.91. The second-order valence-corrected chi connectivity index (χ2v) is 6.02. The van der Waals surface area contributed by atoms with Crippen molar-refractivity contribution in [3.8, 4) is 0 Å². The maximum atomic E-state index is 12.5. The van der Waals surface area contributed by atoms with Gasteiger partial charge in [0.05, 0.1) is 11.3 Å². The number of guanidine groups is 2. The lowest BCUT2D eigenvalue weighted by Gasteiger charge is -2.39. The molecule has 1 heterocycles. The monoisotopic (exact) mass is 341 g/mol. The first-order valence-corrected chi connectivity index (χ1v) is 7.82. The summed E-state index contributed by atoms with van der Waals surface area (Å²) in [5.74, 6) is 0.195. The molecule has 132 valence electrons. The maximum Gasteiger partial charge on any atom is 0.416 e. The number of rotatable bonds is 1. The zero-order valence-corrected chi connectivity index (χ0v) is 13.7. The number of halogens is 3. The van der Waals surface area contributed by atoms with Gasteiger partial charge in [-0.1, -0.05) is 0 Å². The molecular weight excluding hydrogens is 319 g/mol. The number of piperidine rings is 1. The molecule has 8 heteroatoms. The van der Waals surface area contributed by atoms with Crippen LogP contribution in [0.3, 0.4) is 0 Å². The molecule has 1 aliphatic rings. The summed E-state index contributed by atoms with van der Waals surface area (Å²) in [4.78, 5) is 10.1. The number of nitrogens with zero attached hydrogens (tertiary/aromatic N) is 3. The van der Waals surface area contributed by atoms with E-state index in [1.54, 1.807) is 0 Å². The maximum absolute atomic E-state index is 12.5. The third-order valence-corrected chi connectivity index (χ3v) is 4.13. The quantitative estimate of drug-likeness (QED) is 0.608. The highest BCUT2D eigenvalue weighted by atomic mass is 19.4. The molecule has 0 aliphatic carbocycles. The molecule has 2 rings (SSSR count). The minimum absolute atomic E-state index is 0.0859.